The van der Waals surface area contributed by atoms with Crippen molar-refractivity contribution >= 4 is 48.0 Å². The van der Waals surface area contributed by atoms with Gasteiger partial charge in [-0.15, -0.1) is 24.8 Å². The van der Waals surface area contributed by atoms with Crippen molar-refractivity contribution in [3.05, 3.63) is 24.3 Å². The standard InChI is InChI=1S/C18H26N4O4.2ClH/c23-17(11-16-13-26-8-5-19-16)20-14-1-3-15(4-2-14)21-18(24)12-22-6-9-25-10-7-22;;/h1-4,16,19H,5-13H2,(H,20,23)(H,21,24);2*1H. The van der Waals surface area contributed by atoms with Gasteiger partial charge in [0.2, 0.25) is 11.8 Å². The van der Waals surface area contributed by atoms with E-state index >= 15 is 0 Å². The zero-order valence-electron chi connectivity index (χ0n) is 15.6. The average molecular weight is 435 g/mol. The fourth-order valence-corrected chi connectivity index (χ4v) is 2.99. The average Bonchev–Trinajstić information content (AvgIpc) is 2.65. The summed E-state index contributed by atoms with van der Waals surface area (Å²) in [6, 6.07) is 7.20. The van der Waals surface area contributed by atoms with E-state index in [1.807, 2.05) is 0 Å². The number of amides is 2. The fourth-order valence-electron chi connectivity index (χ4n) is 2.99. The third kappa shape index (κ3) is 8.30. The van der Waals surface area contributed by atoms with Crippen LogP contribution in [0.4, 0.5) is 11.4 Å². The molecule has 2 fully saturated rings. The molecule has 1 unspecified atom stereocenters. The molecule has 2 aliphatic heterocycles. The summed E-state index contributed by atoms with van der Waals surface area (Å²) < 4.78 is 10.6. The summed E-state index contributed by atoms with van der Waals surface area (Å²) in [5.41, 5.74) is 1.42. The molecule has 0 aliphatic carbocycles. The number of nitrogens with zero attached hydrogens (tertiary/aromatic N) is 1. The number of morpholine rings is 2. The monoisotopic (exact) mass is 434 g/mol. The van der Waals surface area contributed by atoms with Gasteiger partial charge < -0.3 is 25.4 Å². The second-order valence-corrected chi connectivity index (χ2v) is 6.49. The lowest BCUT2D eigenvalue weighted by Gasteiger charge is -2.25. The minimum Gasteiger partial charge on any atom is -0.379 e. The number of anilines is 2. The van der Waals surface area contributed by atoms with Gasteiger partial charge in [-0.1, -0.05) is 0 Å². The molecular weight excluding hydrogens is 407 g/mol. The molecule has 1 aromatic rings. The van der Waals surface area contributed by atoms with E-state index in [4.69, 9.17) is 9.47 Å². The lowest BCUT2D eigenvalue weighted by molar-refractivity contribution is -0.118. The first kappa shape index (κ1) is 24.6. The van der Waals surface area contributed by atoms with Crippen molar-refractivity contribution in [3.8, 4) is 0 Å². The molecule has 8 nitrogen and oxygen atoms in total. The quantitative estimate of drug-likeness (QED) is 0.621. The van der Waals surface area contributed by atoms with Gasteiger partial charge in [0.15, 0.2) is 0 Å². The number of carbonyl (C=O) groups excluding carboxylic acids is 2. The zero-order chi connectivity index (χ0) is 18.2. The zero-order valence-corrected chi connectivity index (χ0v) is 17.3. The lowest BCUT2D eigenvalue weighted by atomic mass is 10.2. The fraction of sp³-hybridized carbons (Fsp3) is 0.556. The van der Waals surface area contributed by atoms with E-state index in [9.17, 15) is 9.59 Å². The summed E-state index contributed by atoms with van der Waals surface area (Å²) >= 11 is 0. The summed E-state index contributed by atoms with van der Waals surface area (Å²) in [5.74, 6) is -0.107. The molecule has 0 bridgehead atoms. The van der Waals surface area contributed by atoms with E-state index in [0.717, 1.165) is 19.6 Å². The number of rotatable bonds is 6. The highest BCUT2D eigenvalue weighted by Crippen LogP contribution is 2.14. The van der Waals surface area contributed by atoms with Crippen LogP contribution in [0, 0.1) is 0 Å². The second-order valence-electron chi connectivity index (χ2n) is 6.49. The van der Waals surface area contributed by atoms with E-state index in [2.05, 4.69) is 20.9 Å². The van der Waals surface area contributed by atoms with Gasteiger partial charge in [0.05, 0.1) is 33.0 Å². The van der Waals surface area contributed by atoms with Crippen LogP contribution in [-0.4, -0.2) is 75.4 Å². The highest BCUT2D eigenvalue weighted by Gasteiger charge is 2.17. The van der Waals surface area contributed by atoms with Gasteiger partial charge in [0, 0.05) is 43.5 Å². The molecule has 0 aromatic heterocycles. The maximum absolute atomic E-state index is 12.1. The molecule has 158 valence electrons. The van der Waals surface area contributed by atoms with E-state index in [1.165, 1.54) is 0 Å². The second kappa shape index (κ2) is 12.9. The predicted octanol–water partition coefficient (Wildman–Crippen LogP) is 1.12. The van der Waals surface area contributed by atoms with E-state index in [-0.39, 0.29) is 42.7 Å². The highest BCUT2D eigenvalue weighted by molar-refractivity contribution is 5.94. The van der Waals surface area contributed by atoms with Gasteiger partial charge in [0.1, 0.15) is 0 Å². The topological polar surface area (TPSA) is 91.9 Å². The molecule has 0 spiro atoms. The summed E-state index contributed by atoms with van der Waals surface area (Å²) in [7, 11) is 0. The van der Waals surface area contributed by atoms with Crippen LogP contribution in [0.15, 0.2) is 24.3 Å². The maximum Gasteiger partial charge on any atom is 0.238 e. The minimum atomic E-state index is -0.0582. The molecule has 0 saturated carbocycles. The Morgan fingerprint density at radius 2 is 1.57 bits per heavy atom. The van der Waals surface area contributed by atoms with Gasteiger partial charge in [0.25, 0.3) is 0 Å². The summed E-state index contributed by atoms with van der Waals surface area (Å²) in [5, 5.41) is 9.00. The number of hydrogen-bond donors (Lipinski definition) is 3. The van der Waals surface area contributed by atoms with Crippen LogP contribution in [0.3, 0.4) is 0 Å². The van der Waals surface area contributed by atoms with E-state index in [0.29, 0.717) is 50.8 Å². The number of carbonyl (C=O) groups is 2. The molecule has 10 heteroatoms. The first-order valence-corrected chi connectivity index (χ1v) is 9.00. The van der Waals surface area contributed by atoms with Crippen molar-refractivity contribution in [2.45, 2.75) is 12.5 Å². The molecule has 2 aliphatic rings. The van der Waals surface area contributed by atoms with Crippen molar-refractivity contribution in [1.82, 2.24) is 10.2 Å². The molecule has 2 saturated heterocycles. The summed E-state index contributed by atoms with van der Waals surface area (Å²) in [6.07, 6.45) is 0.373. The molecule has 1 aromatic carbocycles. The Bertz CT molecular complexity index is 553. The van der Waals surface area contributed by atoms with Crippen molar-refractivity contribution in [2.24, 2.45) is 0 Å². The predicted molar refractivity (Wildman–Crippen MR) is 113 cm³/mol. The molecule has 28 heavy (non-hydrogen) atoms. The molecule has 2 amide bonds. The van der Waals surface area contributed by atoms with Gasteiger partial charge in [-0.3, -0.25) is 14.5 Å². The van der Waals surface area contributed by atoms with Gasteiger partial charge in [-0.05, 0) is 24.3 Å². The molecule has 3 N–H and O–H groups in total. The normalized spacial score (nSPS) is 19.6. The Labute approximate surface area is 177 Å². The van der Waals surface area contributed by atoms with Crippen LogP contribution < -0.4 is 16.0 Å². The van der Waals surface area contributed by atoms with Crippen LogP contribution in [0.5, 0.6) is 0 Å². The smallest absolute Gasteiger partial charge is 0.238 e. The Hall–Kier alpha value is -1.42. The number of benzene rings is 1. The molecule has 0 radical (unpaired) electrons. The van der Waals surface area contributed by atoms with Gasteiger partial charge in [-0.25, -0.2) is 0 Å². The van der Waals surface area contributed by atoms with Crippen molar-refractivity contribution in [1.29, 1.82) is 0 Å². The van der Waals surface area contributed by atoms with E-state index in [1.54, 1.807) is 24.3 Å². The van der Waals surface area contributed by atoms with Crippen molar-refractivity contribution in [2.75, 3.05) is 63.2 Å². The number of ether oxygens (including phenoxy) is 2. The summed E-state index contributed by atoms with van der Waals surface area (Å²) in [6.45, 7) is 5.28. The Kier molecular flexibility index (Phi) is 11.4. The third-order valence-electron chi connectivity index (χ3n) is 4.35. The van der Waals surface area contributed by atoms with Crippen LogP contribution >= 0.6 is 24.8 Å². The third-order valence-corrected chi connectivity index (χ3v) is 4.35. The lowest BCUT2D eigenvalue weighted by Crippen LogP contribution is -2.43. The van der Waals surface area contributed by atoms with Crippen LogP contribution in [-0.2, 0) is 19.1 Å². The van der Waals surface area contributed by atoms with Crippen LogP contribution in [0.1, 0.15) is 6.42 Å². The molecule has 2 heterocycles. The molecule has 3 rings (SSSR count). The number of halogens is 2. The minimum absolute atomic E-state index is 0. The van der Waals surface area contributed by atoms with Gasteiger partial charge in [-0.2, -0.15) is 0 Å². The van der Waals surface area contributed by atoms with E-state index < -0.39 is 0 Å². The summed E-state index contributed by atoms with van der Waals surface area (Å²) in [4.78, 5) is 26.2. The molecule has 1 atom stereocenters. The highest BCUT2D eigenvalue weighted by atomic mass is 35.5. The first-order valence-electron chi connectivity index (χ1n) is 9.00. The van der Waals surface area contributed by atoms with Gasteiger partial charge >= 0.3 is 0 Å². The van der Waals surface area contributed by atoms with Crippen molar-refractivity contribution in [3.63, 3.8) is 0 Å². The van der Waals surface area contributed by atoms with Crippen LogP contribution in [0.25, 0.3) is 0 Å². The Morgan fingerprint density at radius 1 is 0.964 bits per heavy atom. The SMILES string of the molecule is Cl.Cl.O=C(CC1COCCN1)Nc1ccc(NC(=O)CN2CCOCC2)cc1. The molecular formula is C18H28Cl2N4O4. The van der Waals surface area contributed by atoms with Crippen LogP contribution in [0.2, 0.25) is 0 Å². The first-order chi connectivity index (χ1) is 12.7. The largest absolute Gasteiger partial charge is 0.379 e. The number of hydrogen-bond acceptors (Lipinski definition) is 6. The number of nitrogens with one attached hydrogen (secondary N) is 3. The maximum atomic E-state index is 12.1. The van der Waals surface area contributed by atoms with Crippen molar-refractivity contribution < 1.29 is 19.1 Å². The Balaban J connectivity index is 0.00000196. The Morgan fingerprint density at radius 3 is 2.14 bits per heavy atom.